The lowest BCUT2D eigenvalue weighted by molar-refractivity contribution is -0.146. The van der Waals surface area contributed by atoms with Crippen LogP contribution in [0.15, 0.2) is 54.7 Å². The number of benzene rings is 2. The van der Waals surface area contributed by atoms with Crippen molar-refractivity contribution in [2.24, 2.45) is 5.73 Å². The molecule has 1 aromatic heterocycles. The summed E-state index contributed by atoms with van der Waals surface area (Å²) in [6.45, 7) is 2.61. The summed E-state index contributed by atoms with van der Waals surface area (Å²) >= 11 is 5.72. The van der Waals surface area contributed by atoms with Crippen LogP contribution in [0.25, 0.3) is 10.9 Å². The summed E-state index contributed by atoms with van der Waals surface area (Å²) < 4.78 is 4.72. The Balaban J connectivity index is 1.61. The lowest BCUT2D eigenvalue weighted by Crippen LogP contribution is -2.60. The van der Waals surface area contributed by atoms with Crippen LogP contribution >= 0.6 is 11.6 Å². The Morgan fingerprint density at radius 3 is 2.40 bits per heavy atom. The molecular weight excluding hydrogens is 756 g/mol. The number of esters is 1. The number of nitrogens with two attached hydrogens (primary N) is 1. The summed E-state index contributed by atoms with van der Waals surface area (Å²) in [5.41, 5.74) is 8.77. The first-order chi connectivity index (χ1) is 27.3. The third kappa shape index (κ3) is 13.0. The highest BCUT2D eigenvalue weighted by Gasteiger charge is 2.38. The number of methoxy groups -OCH3 is 1. The minimum Gasteiger partial charge on any atom is -0.469 e. The fourth-order valence-corrected chi connectivity index (χ4v) is 6.96. The minimum atomic E-state index is -1.19. The van der Waals surface area contributed by atoms with Gasteiger partial charge < -0.3 is 46.5 Å². The maximum Gasteiger partial charge on any atom is 0.312 e. The van der Waals surface area contributed by atoms with Gasteiger partial charge in [-0.2, -0.15) is 0 Å². The van der Waals surface area contributed by atoms with Gasteiger partial charge in [0.2, 0.25) is 29.5 Å². The van der Waals surface area contributed by atoms with Crippen molar-refractivity contribution in [3.05, 3.63) is 71.4 Å². The zero-order valence-electron chi connectivity index (χ0n) is 32.6. The number of carbonyl (C=O) groups excluding carboxylic acids is 7. The number of urea groups is 1. The molecule has 308 valence electrons. The molecule has 1 fully saturated rings. The second-order valence-corrected chi connectivity index (χ2v) is 14.5. The van der Waals surface area contributed by atoms with Crippen molar-refractivity contribution in [1.29, 1.82) is 0 Å². The lowest BCUT2D eigenvalue weighted by Gasteiger charge is -2.37. The number of rotatable bonds is 19. The van der Waals surface area contributed by atoms with E-state index >= 15 is 0 Å². The first-order valence-electron chi connectivity index (χ1n) is 19.0. The molecular formula is C40H53ClN8O8. The van der Waals surface area contributed by atoms with Gasteiger partial charge in [0, 0.05) is 56.6 Å². The molecule has 0 saturated carbocycles. The number of likely N-dealkylation sites (tertiary alicyclic amines) is 1. The van der Waals surface area contributed by atoms with Gasteiger partial charge in [-0.15, -0.1) is 11.6 Å². The smallest absolute Gasteiger partial charge is 0.312 e. The van der Waals surface area contributed by atoms with Crippen LogP contribution in [0, 0.1) is 6.92 Å². The van der Waals surface area contributed by atoms with Crippen LogP contribution in [0.2, 0.25) is 0 Å². The number of aromatic nitrogens is 1. The first kappa shape index (κ1) is 44.1. The molecule has 3 aromatic rings. The molecule has 1 saturated heterocycles. The van der Waals surface area contributed by atoms with E-state index in [2.05, 4.69) is 26.3 Å². The predicted molar refractivity (Wildman–Crippen MR) is 214 cm³/mol. The van der Waals surface area contributed by atoms with E-state index in [-0.39, 0.29) is 57.6 Å². The third-order valence-corrected chi connectivity index (χ3v) is 10.2. The zero-order valence-corrected chi connectivity index (χ0v) is 33.4. The quantitative estimate of drug-likeness (QED) is 0.0597. The van der Waals surface area contributed by atoms with Crippen LogP contribution in [0.5, 0.6) is 0 Å². The van der Waals surface area contributed by atoms with Gasteiger partial charge in [0.15, 0.2) is 0 Å². The van der Waals surface area contributed by atoms with Gasteiger partial charge in [-0.1, -0.05) is 48.0 Å². The predicted octanol–water partition coefficient (Wildman–Crippen LogP) is 2.15. The summed E-state index contributed by atoms with van der Waals surface area (Å²) in [6.07, 6.45) is 3.52. The summed E-state index contributed by atoms with van der Waals surface area (Å²) in [6, 6.07) is 10.1. The number of fused-ring (bicyclic) bond motifs is 1. The number of H-pyrrole nitrogens is 1. The summed E-state index contributed by atoms with van der Waals surface area (Å²) in [5.74, 6) is -3.77. The fourth-order valence-electron chi connectivity index (χ4n) is 6.88. The van der Waals surface area contributed by atoms with E-state index < -0.39 is 65.7 Å². The van der Waals surface area contributed by atoms with Gasteiger partial charge in [0.05, 0.1) is 7.11 Å². The number of likely N-dealkylation sites (N-methyl/N-ethyl adjacent to an activating group) is 1. The molecule has 7 N–H and O–H groups in total. The molecule has 0 aliphatic carbocycles. The zero-order chi connectivity index (χ0) is 41.5. The SMILES string of the molecule is COC(=O)CC[C@H](NC(=O)CCl)C(=O)N1CCCC[C@H]1C(=O)N[C@@H](Cc1c[nH]c2ccccc12)C(=O)N[C@@H](CCCNC(N)=O)C(=O)N(C)Cc1ccc(C)cc1. The molecule has 7 amide bonds. The molecule has 1 aliphatic rings. The van der Waals surface area contributed by atoms with Gasteiger partial charge in [-0.05, 0) is 62.6 Å². The Kier molecular flexibility index (Phi) is 16.7. The van der Waals surface area contributed by atoms with Crippen molar-refractivity contribution in [3.8, 4) is 0 Å². The van der Waals surface area contributed by atoms with Gasteiger partial charge in [0.1, 0.15) is 30.0 Å². The molecule has 17 heteroatoms. The maximum atomic E-state index is 14.4. The van der Waals surface area contributed by atoms with Crippen molar-refractivity contribution in [2.75, 3.05) is 33.1 Å². The molecule has 0 radical (unpaired) electrons. The highest BCUT2D eigenvalue weighted by molar-refractivity contribution is 6.27. The molecule has 0 spiro atoms. The van der Waals surface area contributed by atoms with E-state index in [1.54, 1.807) is 13.2 Å². The Morgan fingerprint density at radius 1 is 0.965 bits per heavy atom. The molecule has 4 atom stereocenters. The average molecular weight is 809 g/mol. The lowest BCUT2D eigenvalue weighted by atomic mass is 9.97. The largest absolute Gasteiger partial charge is 0.469 e. The highest BCUT2D eigenvalue weighted by Crippen LogP contribution is 2.22. The number of nitrogens with one attached hydrogen (secondary N) is 5. The van der Waals surface area contributed by atoms with E-state index in [0.29, 0.717) is 19.3 Å². The molecule has 0 unspecified atom stereocenters. The van der Waals surface area contributed by atoms with Gasteiger partial charge in [-0.25, -0.2) is 4.79 Å². The van der Waals surface area contributed by atoms with Crippen molar-refractivity contribution < 1.29 is 38.3 Å². The fraction of sp³-hybridized carbons (Fsp3) is 0.475. The van der Waals surface area contributed by atoms with Crippen molar-refractivity contribution in [3.63, 3.8) is 0 Å². The number of piperidine rings is 1. The molecule has 2 aromatic carbocycles. The van der Waals surface area contributed by atoms with Gasteiger partial charge in [0.25, 0.3) is 0 Å². The van der Waals surface area contributed by atoms with Crippen LogP contribution < -0.4 is 27.0 Å². The van der Waals surface area contributed by atoms with E-state index in [0.717, 1.165) is 27.6 Å². The topological polar surface area (TPSA) is 225 Å². The maximum absolute atomic E-state index is 14.4. The Morgan fingerprint density at radius 2 is 1.70 bits per heavy atom. The number of hydrogen-bond acceptors (Lipinski definition) is 8. The summed E-state index contributed by atoms with van der Waals surface area (Å²) in [7, 11) is 2.85. The van der Waals surface area contributed by atoms with Crippen LogP contribution in [0.1, 0.15) is 61.6 Å². The van der Waals surface area contributed by atoms with E-state index in [9.17, 15) is 33.6 Å². The number of para-hydroxylation sites is 1. The number of aryl methyl sites for hydroxylation is 1. The number of carbonyl (C=O) groups is 7. The van der Waals surface area contributed by atoms with E-state index in [4.69, 9.17) is 22.1 Å². The standard InChI is InChI=1S/C40H53ClN8O8/c1-25-13-15-26(16-14-25)24-48(2)38(54)30(11-8-19-43-40(42)56)46-36(52)32(21-27-23-44-29-10-5-4-9-28(27)29)47-37(53)33-12-6-7-20-49(33)39(55)31(45-34(50)22-41)17-18-35(51)57-3/h4-5,9-10,13-16,23,30-33,44H,6-8,11-12,17-22,24H2,1-3H3,(H,45,50)(H,46,52)(H,47,53)(H3,42,43,56)/t30-,31-,32-,33-/m0/s1. The number of hydrogen-bond donors (Lipinski definition) is 6. The Hall–Kier alpha value is -5.64. The van der Waals surface area contributed by atoms with Crippen LogP contribution in [0.4, 0.5) is 4.79 Å². The number of halogens is 1. The molecule has 1 aliphatic heterocycles. The number of nitrogens with zero attached hydrogens (tertiary/aromatic N) is 2. The van der Waals surface area contributed by atoms with E-state index in [1.165, 1.54) is 16.9 Å². The second-order valence-electron chi connectivity index (χ2n) is 14.2. The van der Waals surface area contributed by atoms with Gasteiger partial charge >= 0.3 is 12.0 Å². The van der Waals surface area contributed by atoms with Crippen molar-refractivity contribution >= 4 is 64.0 Å². The van der Waals surface area contributed by atoms with Crippen molar-refractivity contribution in [2.45, 2.75) is 89.0 Å². The monoisotopic (exact) mass is 808 g/mol. The van der Waals surface area contributed by atoms with E-state index in [1.807, 2.05) is 55.5 Å². The molecule has 57 heavy (non-hydrogen) atoms. The summed E-state index contributed by atoms with van der Waals surface area (Å²) in [5, 5.41) is 11.7. The Labute approximate surface area is 336 Å². The number of primary amides is 1. The van der Waals surface area contributed by atoms with Gasteiger partial charge in [-0.3, -0.25) is 28.8 Å². The number of alkyl halides is 1. The molecule has 2 heterocycles. The first-order valence-corrected chi connectivity index (χ1v) is 19.6. The third-order valence-electron chi connectivity index (χ3n) is 9.94. The minimum absolute atomic E-state index is 0.0408. The summed E-state index contributed by atoms with van der Waals surface area (Å²) in [4.78, 5) is 98.2. The molecule has 0 bridgehead atoms. The highest BCUT2D eigenvalue weighted by atomic mass is 35.5. The van der Waals surface area contributed by atoms with Crippen molar-refractivity contribution in [1.82, 2.24) is 36.1 Å². The average Bonchev–Trinajstić information content (AvgIpc) is 3.62. The normalized spacial score (nSPS) is 15.4. The van der Waals surface area contributed by atoms with Crippen LogP contribution in [0.3, 0.4) is 0 Å². The number of aromatic amines is 1. The number of amides is 7. The van der Waals surface area contributed by atoms with Crippen LogP contribution in [-0.2, 0) is 46.5 Å². The molecule has 16 nitrogen and oxygen atoms in total. The molecule has 4 rings (SSSR count). The Bertz CT molecular complexity index is 1890. The van der Waals surface area contributed by atoms with Crippen LogP contribution in [-0.4, -0.2) is 114 Å². The second kappa shape index (κ2) is 21.6. The number of ether oxygens (including phenoxy) is 1.